The maximum absolute atomic E-state index is 10.6. The van der Waals surface area contributed by atoms with Crippen LogP contribution in [0.1, 0.15) is 25.7 Å². The molecular formula is C13H18BrN3O3. The minimum absolute atomic E-state index is 0.0540. The zero-order valence-corrected chi connectivity index (χ0v) is 12.7. The first kappa shape index (κ1) is 15.2. The number of hydrogen-bond donors (Lipinski definition) is 1. The Morgan fingerprint density at radius 3 is 2.75 bits per heavy atom. The predicted octanol–water partition coefficient (Wildman–Crippen LogP) is 2.90. The topological polar surface area (TPSA) is 91.3 Å². The maximum atomic E-state index is 10.6. The van der Waals surface area contributed by atoms with Crippen molar-refractivity contribution in [2.45, 2.75) is 25.7 Å². The summed E-state index contributed by atoms with van der Waals surface area (Å²) in [6, 6.07) is 1.41. The predicted molar refractivity (Wildman–Crippen MR) is 78.6 cm³/mol. The highest BCUT2D eigenvalue weighted by atomic mass is 79.9. The number of nitro groups is 1. The van der Waals surface area contributed by atoms with Gasteiger partial charge in [0.15, 0.2) is 0 Å². The molecule has 0 amide bonds. The lowest BCUT2D eigenvalue weighted by atomic mass is 9.80. The summed E-state index contributed by atoms with van der Waals surface area (Å²) >= 11 is 3.26. The van der Waals surface area contributed by atoms with Crippen molar-refractivity contribution >= 4 is 21.6 Å². The zero-order valence-electron chi connectivity index (χ0n) is 11.1. The number of halogens is 1. The van der Waals surface area contributed by atoms with Gasteiger partial charge in [-0.3, -0.25) is 10.1 Å². The van der Waals surface area contributed by atoms with Crippen molar-refractivity contribution in [2.24, 2.45) is 17.6 Å². The molecule has 1 aromatic heterocycles. The average molecular weight is 344 g/mol. The first-order chi connectivity index (χ1) is 9.61. The Hall–Kier alpha value is -1.21. The first-order valence-corrected chi connectivity index (χ1v) is 7.54. The fourth-order valence-corrected chi connectivity index (χ4v) is 3.07. The van der Waals surface area contributed by atoms with Gasteiger partial charge >= 0.3 is 0 Å². The summed E-state index contributed by atoms with van der Waals surface area (Å²) in [6.07, 6.45) is 5.92. The van der Waals surface area contributed by atoms with Gasteiger partial charge in [0.2, 0.25) is 5.88 Å². The molecule has 1 heterocycles. The van der Waals surface area contributed by atoms with Crippen LogP contribution in [0, 0.1) is 22.0 Å². The van der Waals surface area contributed by atoms with Crippen LogP contribution in [0.3, 0.4) is 0 Å². The van der Waals surface area contributed by atoms with E-state index in [1.807, 2.05) is 0 Å². The molecule has 2 rings (SSSR count). The molecule has 2 N–H and O–H groups in total. The second-order valence-electron chi connectivity index (χ2n) is 5.09. The maximum Gasteiger partial charge on any atom is 0.288 e. The summed E-state index contributed by atoms with van der Waals surface area (Å²) in [6.45, 7) is 1.24. The lowest BCUT2D eigenvalue weighted by Gasteiger charge is -2.30. The van der Waals surface area contributed by atoms with Crippen LogP contribution < -0.4 is 10.5 Å². The summed E-state index contributed by atoms with van der Waals surface area (Å²) in [7, 11) is 0. The van der Waals surface area contributed by atoms with E-state index in [0.717, 1.165) is 12.8 Å². The monoisotopic (exact) mass is 343 g/mol. The number of nitrogens with two attached hydrogens (primary N) is 1. The molecule has 2 atom stereocenters. The van der Waals surface area contributed by atoms with Gasteiger partial charge in [0.05, 0.1) is 16.0 Å². The third kappa shape index (κ3) is 3.67. The number of aromatic nitrogens is 1. The van der Waals surface area contributed by atoms with E-state index in [1.54, 1.807) is 0 Å². The zero-order chi connectivity index (χ0) is 14.5. The molecule has 1 aromatic rings. The molecular weight excluding hydrogens is 326 g/mol. The van der Waals surface area contributed by atoms with E-state index in [4.69, 9.17) is 10.5 Å². The SMILES string of the molecule is NCC1CCCCC1COc1ncc([N+](=O)[O-])cc1Br. The Morgan fingerprint density at radius 2 is 2.15 bits per heavy atom. The lowest BCUT2D eigenvalue weighted by Crippen LogP contribution is -2.30. The normalized spacial score (nSPS) is 22.5. The van der Waals surface area contributed by atoms with Crippen LogP contribution >= 0.6 is 15.9 Å². The second kappa shape index (κ2) is 6.99. The summed E-state index contributed by atoms with van der Waals surface area (Å²) < 4.78 is 6.21. The minimum atomic E-state index is -0.479. The lowest BCUT2D eigenvalue weighted by molar-refractivity contribution is -0.385. The van der Waals surface area contributed by atoms with Gasteiger partial charge in [0, 0.05) is 6.07 Å². The molecule has 0 bridgehead atoms. The van der Waals surface area contributed by atoms with Crippen molar-refractivity contribution in [3.05, 3.63) is 26.9 Å². The first-order valence-electron chi connectivity index (χ1n) is 6.74. The van der Waals surface area contributed by atoms with Crippen molar-refractivity contribution in [2.75, 3.05) is 13.2 Å². The van der Waals surface area contributed by atoms with Crippen molar-refractivity contribution in [1.82, 2.24) is 4.98 Å². The molecule has 1 aliphatic rings. The van der Waals surface area contributed by atoms with Crippen molar-refractivity contribution in [3.8, 4) is 5.88 Å². The number of pyridine rings is 1. The fourth-order valence-electron chi connectivity index (χ4n) is 2.62. The third-order valence-electron chi connectivity index (χ3n) is 3.81. The van der Waals surface area contributed by atoms with Crippen LogP contribution in [-0.4, -0.2) is 23.1 Å². The van der Waals surface area contributed by atoms with Crippen LogP contribution in [0.2, 0.25) is 0 Å². The molecule has 0 saturated heterocycles. The molecule has 0 aliphatic heterocycles. The Kier molecular flexibility index (Phi) is 5.31. The molecule has 0 spiro atoms. The van der Waals surface area contributed by atoms with Gasteiger partial charge in [-0.15, -0.1) is 0 Å². The molecule has 2 unspecified atom stereocenters. The third-order valence-corrected chi connectivity index (χ3v) is 4.38. The minimum Gasteiger partial charge on any atom is -0.477 e. The number of rotatable bonds is 5. The van der Waals surface area contributed by atoms with E-state index in [-0.39, 0.29) is 5.69 Å². The van der Waals surface area contributed by atoms with Crippen LogP contribution in [0.15, 0.2) is 16.7 Å². The molecule has 0 radical (unpaired) electrons. The summed E-state index contributed by atoms with van der Waals surface area (Å²) in [4.78, 5) is 14.2. The second-order valence-corrected chi connectivity index (χ2v) is 5.94. The fraction of sp³-hybridized carbons (Fsp3) is 0.615. The largest absolute Gasteiger partial charge is 0.477 e. The Bertz CT molecular complexity index is 484. The van der Waals surface area contributed by atoms with E-state index < -0.39 is 4.92 Å². The quantitative estimate of drug-likeness (QED) is 0.655. The van der Waals surface area contributed by atoms with Gasteiger partial charge in [0.25, 0.3) is 5.69 Å². The van der Waals surface area contributed by atoms with Crippen molar-refractivity contribution in [3.63, 3.8) is 0 Å². The molecule has 0 aromatic carbocycles. The van der Waals surface area contributed by atoms with Crippen LogP contribution in [0.5, 0.6) is 5.88 Å². The average Bonchev–Trinajstić information content (AvgIpc) is 2.46. The van der Waals surface area contributed by atoms with Crippen LogP contribution in [0.25, 0.3) is 0 Å². The highest BCUT2D eigenvalue weighted by Gasteiger charge is 2.25. The van der Waals surface area contributed by atoms with Gasteiger partial charge in [0.1, 0.15) is 6.20 Å². The van der Waals surface area contributed by atoms with Gasteiger partial charge in [-0.25, -0.2) is 4.98 Å². The smallest absolute Gasteiger partial charge is 0.288 e. The van der Waals surface area contributed by atoms with Gasteiger partial charge in [-0.2, -0.15) is 0 Å². The van der Waals surface area contributed by atoms with Crippen LogP contribution in [0.4, 0.5) is 5.69 Å². The molecule has 1 aliphatic carbocycles. The van der Waals surface area contributed by atoms with Crippen molar-refractivity contribution < 1.29 is 9.66 Å². The summed E-state index contributed by atoms with van der Waals surface area (Å²) in [5, 5.41) is 10.6. The van der Waals surface area contributed by atoms with E-state index in [0.29, 0.717) is 35.3 Å². The van der Waals surface area contributed by atoms with E-state index in [1.165, 1.54) is 25.1 Å². The Morgan fingerprint density at radius 1 is 1.45 bits per heavy atom. The number of nitrogens with zero attached hydrogens (tertiary/aromatic N) is 2. The van der Waals surface area contributed by atoms with Crippen molar-refractivity contribution in [1.29, 1.82) is 0 Å². The molecule has 20 heavy (non-hydrogen) atoms. The van der Waals surface area contributed by atoms with E-state index in [9.17, 15) is 10.1 Å². The standard InChI is InChI=1S/C13H18BrN3O3/c14-12-5-11(17(18)19)7-16-13(12)20-8-10-4-2-1-3-9(10)6-15/h5,7,9-10H,1-4,6,8,15H2. The molecule has 110 valence electrons. The van der Waals surface area contributed by atoms with E-state index >= 15 is 0 Å². The van der Waals surface area contributed by atoms with Gasteiger partial charge < -0.3 is 10.5 Å². The molecule has 6 nitrogen and oxygen atoms in total. The molecule has 1 fully saturated rings. The van der Waals surface area contributed by atoms with Crippen LogP contribution in [-0.2, 0) is 0 Å². The highest BCUT2D eigenvalue weighted by Crippen LogP contribution is 2.31. The summed E-state index contributed by atoms with van der Waals surface area (Å²) in [5.41, 5.74) is 5.74. The Balaban J connectivity index is 1.98. The highest BCUT2D eigenvalue weighted by molar-refractivity contribution is 9.10. The molecule has 1 saturated carbocycles. The number of hydrogen-bond acceptors (Lipinski definition) is 5. The summed E-state index contributed by atoms with van der Waals surface area (Å²) in [5.74, 6) is 1.34. The van der Waals surface area contributed by atoms with Gasteiger partial charge in [-0.05, 0) is 47.2 Å². The molecule has 7 heteroatoms. The number of ether oxygens (including phenoxy) is 1. The Labute approximate surface area is 126 Å². The van der Waals surface area contributed by atoms with Gasteiger partial charge in [-0.1, -0.05) is 12.8 Å². The van der Waals surface area contributed by atoms with E-state index in [2.05, 4.69) is 20.9 Å².